The Morgan fingerprint density at radius 3 is 2.12 bits per heavy atom. The highest BCUT2D eigenvalue weighted by Crippen LogP contribution is 2.28. The molecule has 1 atom stereocenters. The highest BCUT2D eigenvalue weighted by molar-refractivity contribution is 7.86. The van der Waals surface area contributed by atoms with Crippen LogP contribution in [0.15, 0.2) is 23.1 Å². The molecule has 1 aromatic rings. The van der Waals surface area contributed by atoms with E-state index >= 15 is 0 Å². The first-order chi connectivity index (χ1) is 7.73. The third kappa shape index (κ3) is 3.80. The standard InChI is InChI=1S/C12H14Cl2O2S/c1-12(2,3)10(15)7-17(16)11-8(13)5-4-6-9(11)14/h4-6H,7H2,1-3H3. The summed E-state index contributed by atoms with van der Waals surface area (Å²) in [6, 6.07) is 4.90. The Balaban J connectivity index is 2.96. The molecule has 0 heterocycles. The van der Waals surface area contributed by atoms with Crippen LogP contribution in [0.5, 0.6) is 0 Å². The SMILES string of the molecule is CC(C)(C)C(=O)CS(=O)c1c(Cl)cccc1Cl. The predicted molar refractivity (Wildman–Crippen MR) is 72.2 cm³/mol. The minimum Gasteiger partial charge on any atom is -0.298 e. The van der Waals surface area contributed by atoms with Gasteiger partial charge in [0.25, 0.3) is 0 Å². The molecule has 5 heteroatoms. The molecule has 0 amide bonds. The fraction of sp³-hybridized carbons (Fsp3) is 0.417. The third-order valence-electron chi connectivity index (χ3n) is 2.25. The van der Waals surface area contributed by atoms with Crippen LogP contribution in [0.25, 0.3) is 0 Å². The molecular weight excluding hydrogens is 279 g/mol. The van der Waals surface area contributed by atoms with E-state index in [1.54, 1.807) is 39.0 Å². The molecule has 17 heavy (non-hydrogen) atoms. The van der Waals surface area contributed by atoms with Crippen molar-refractivity contribution in [3.8, 4) is 0 Å². The van der Waals surface area contributed by atoms with E-state index in [0.29, 0.717) is 14.9 Å². The second-order valence-corrected chi connectivity index (χ2v) is 6.92. The first-order valence-electron chi connectivity index (χ1n) is 5.09. The predicted octanol–water partition coefficient (Wildman–Crippen LogP) is 3.72. The van der Waals surface area contributed by atoms with Gasteiger partial charge in [-0.3, -0.25) is 9.00 Å². The van der Waals surface area contributed by atoms with Crippen molar-refractivity contribution >= 4 is 39.8 Å². The Labute approximate surface area is 114 Å². The second-order valence-electron chi connectivity index (χ2n) is 4.71. The molecule has 0 saturated heterocycles. The smallest absolute Gasteiger partial charge is 0.151 e. The van der Waals surface area contributed by atoms with E-state index in [9.17, 15) is 9.00 Å². The highest BCUT2D eigenvalue weighted by Gasteiger charge is 2.25. The zero-order valence-corrected chi connectivity index (χ0v) is 12.2. The van der Waals surface area contributed by atoms with E-state index in [2.05, 4.69) is 0 Å². The Bertz CT molecular complexity index is 444. The molecule has 1 unspecified atom stereocenters. The molecule has 1 aromatic carbocycles. The number of Topliss-reactive ketones (excluding diaryl/α,β-unsaturated/α-hetero) is 1. The molecule has 0 aliphatic rings. The molecule has 0 aliphatic carbocycles. The van der Waals surface area contributed by atoms with Crippen molar-refractivity contribution in [2.75, 3.05) is 5.75 Å². The van der Waals surface area contributed by atoms with E-state index in [4.69, 9.17) is 23.2 Å². The van der Waals surface area contributed by atoms with Crippen LogP contribution in [0.4, 0.5) is 0 Å². The summed E-state index contributed by atoms with van der Waals surface area (Å²) < 4.78 is 12.1. The lowest BCUT2D eigenvalue weighted by Crippen LogP contribution is -2.25. The number of rotatable bonds is 3. The van der Waals surface area contributed by atoms with Crippen LogP contribution in [-0.4, -0.2) is 15.7 Å². The number of ketones is 1. The van der Waals surface area contributed by atoms with Crippen molar-refractivity contribution in [3.05, 3.63) is 28.2 Å². The fourth-order valence-corrected chi connectivity index (χ4v) is 3.41. The molecule has 0 spiro atoms. The first kappa shape index (κ1) is 14.7. The van der Waals surface area contributed by atoms with Gasteiger partial charge < -0.3 is 0 Å². The topological polar surface area (TPSA) is 34.1 Å². The van der Waals surface area contributed by atoms with Gasteiger partial charge in [0.1, 0.15) is 0 Å². The normalized spacial score (nSPS) is 13.5. The highest BCUT2D eigenvalue weighted by atomic mass is 35.5. The first-order valence-corrected chi connectivity index (χ1v) is 7.16. The second kappa shape index (κ2) is 5.51. The summed E-state index contributed by atoms with van der Waals surface area (Å²) in [6.07, 6.45) is 0. The van der Waals surface area contributed by atoms with Gasteiger partial charge >= 0.3 is 0 Å². The van der Waals surface area contributed by atoms with Crippen molar-refractivity contribution < 1.29 is 9.00 Å². The Morgan fingerprint density at radius 2 is 1.71 bits per heavy atom. The van der Waals surface area contributed by atoms with E-state index < -0.39 is 16.2 Å². The lowest BCUT2D eigenvalue weighted by atomic mass is 9.92. The maximum atomic E-state index is 12.1. The van der Waals surface area contributed by atoms with Gasteiger partial charge in [-0.1, -0.05) is 50.0 Å². The third-order valence-corrected chi connectivity index (χ3v) is 4.52. The summed E-state index contributed by atoms with van der Waals surface area (Å²) >= 11 is 11.9. The minimum atomic E-state index is -1.50. The number of carbonyl (C=O) groups excluding carboxylic acids is 1. The van der Waals surface area contributed by atoms with Crippen LogP contribution in [0.2, 0.25) is 10.0 Å². The number of halogens is 2. The van der Waals surface area contributed by atoms with Gasteiger partial charge in [-0.15, -0.1) is 0 Å². The lowest BCUT2D eigenvalue weighted by molar-refractivity contribution is -0.123. The summed E-state index contributed by atoms with van der Waals surface area (Å²) in [5.41, 5.74) is -0.511. The number of hydrogen-bond donors (Lipinski definition) is 0. The van der Waals surface area contributed by atoms with Gasteiger partial charge in [-0.25, -0.2) is 0 Å². The molecule has 0 fully saturated rings. The summed E-state index contributed by atoms with van der Waals surface area (Å²) in [7, 11) is -1.50. The van der Waals surface area contributed by atoms with Crippen LogP contribution < -0.4 is 0 Å². The maximum absolute atomic E-state index is 12.1. The average Bonchev–Trinajstić information content (AvgIpc) is 2.15. The van der Waals surface area contributed by atoms with Crippen molar-refractivity contribution in [1.29, 1.82) is 0 Å². The lowest BCUT2D eigenvalue weighted by Gasteiger charge is -2.16. The molecule has 2 nitrogen and oxygen atoms in total. The van der Waals surface area contributed by atoms with Crippen molar-refractivity contribution in [2.24, 2.45) is 5.41 Å². The van der Waals surface area contributed by atoms with E-state index in [1.807, 2.05) is 0 Å². The molecule has 0 radical (unpaired) electrons. The maximum Gasteiger partial charge on any atom is 0.151 e. The van der Waals surface area contributed by atoms with E-state index in [1.165, 1.54) is 0 Å². The van der Waals surface area contributed by atoms with Crippen LogP contribution in [0, 0.1) is 5.41 Å². The van der Waals surface area contributed by atoms with Crippen LogP contribution in [0.1, 0.15) is 20.8 Å². The van der Waals surface area contributed by atoms with Crippen LogP contribution in [-0.2, 0) is 15.6 Å². The molecule has 0 N–H and O–H groups in total. The number of carbonyl (C=O) groups is 1. The molecule has 0 bridgehead atoms. The van der Waals surface area contributed by atoms with Crippen LogP contribution >= 0.6 is 23.2 Å². The monoisotopic (exact) mass is 292 g/mol. The largest absolute Gasteiger partial charge is 0.298 e. The van der Waals surface area contributed by atoms with Gasteiger partial charge in [0.2, 0.25) is 0 Å². The number of hydrogen-bond acceptors (Lipinski definition) is 2. The molecule has 0 saturated carbocycles. The van der Waals surface area contributed by atoms with E-state index in [0.717, 1.165) is 0 Å². The Kier molecular flexibility index (Phi) is 4.76. The molecule has 1 rings (SSSR count). The summed E-state index contributed by atoms with van der Waals surface area (Å²) in [6.45, 7) is 5.38. The molecule has 0 aliphatic heterocycles. The van der Waals surface area contributed by atoms with Crippen molar-refractivity contribution in [2.45, 2.75) is 25.7 Å². The van der Waals surface area contributed by atoms with Gasteiger partial charge in [0.05, 0.1) is 31.5 Å². The van der Waals surface area contributed by atoms with Gasteiger partial charge in [0.15, 0.2) is 5.78 Å². The molecule has 0 aromatic heterocycles. The van der Waals surface area contributed by atoms with Gasteiger partial charge in [-0.2, -0.15) is 0 Å². The van der Waals surface area contributed by atoms with E-state index in [-0.39, 0.29) is 11.5 Å². The van der Waals surface area contributed by atoms with Gasteiger partial charge in [0, 0.05) is 5.41 Å². The molecular formula is C12H14Cl2O2S. The van der Waals surface area contributed by atoms with Crippen LogP contribution in [0.3, 0.4) is 0 Å². The zero-order valence-electron chi connectivity index (χ0n) is 9.92. The van der Waals surface area contributed by atoms with Gasteiger partial charge in [-0.05, 0) is 12.1 Å². The quantitative estimate of drug-likeness (QED) is 0.851. The van der Waals surface area contributed by atoms with Crippen molar-refractivity contribution in [3.63, 3.8) is 0 Å². The molecule has 94 valence electrons. The minimum absolute atomic E-state index is 0.0625. The summed E-state index contributed by atoms with van der Waals surface area (Å²) in [5.74, 6) is -0.140. The van der Waals surface area contributed by atoms with Crippen molar-refractivity contribution in [1.82, 2.24) is 0 Å². The summed E-state index contributed by atoms with van der Waals surface area (Å²) in [5, 5.41) is 0.662. The zero-order chi connectivity index (χ0) is 13.2. The average molecular weight is 293 g/mol. The summed E-state index contributed by atoms with van der Waals surface area (Å²) in [4.78, 5) is 12.1. The Morgan fingerprint density at radius 1 is 1.24 bits per heavy atom. The number of benzene rings is 1. The Hall–Kier alpha value is -0.380. The fourth-order valence-electron chi connectivity index (χ4n) is 1.11.